The van der Waals surface area contributed by atoms with Gasteiger partial charge in [-0.25, -0.2) is 0 Å². The third kappa shape index (κ3) is 5.12. The number of benzene rings is 2. The highest BCUT2D eigenvalue weighted by Crippen LogP contribution is 2.23. The van der Waals surface area contributed by atoms with Gasteiger partial charge in [-0.05, 0) is 62.9 Å². The van der Waals surface area contributed by atoms with Crippen LogP contribution in [-0.2, 0) is 11.3 Å². The first-order chi connectivity index (χ1) is 13.5. The Labute approximate surface area is 166 Å². The molecule has 148 valence electrons. The smallest absolute Gasteiger partial charge is 0.260 e. The second-order valence-corrected chi connectivity index (χ2v) is 7.41. The minimum Gasteiger partial charge on any atom is -0.484 e. The Morgan fingerprint density at radius 3 is 2.29 bits per heavy atom. The number of hydrogen-bond acceptors (Lipinski definition) is 3. The van der Waals surface area contributed by atoms with Crippen LogP contribution in [0.4, 0.5) is 0 Å². The molecule has 1 aliphatic heterocycles. The van der Waals surface area contributed by atoms with Crippen LogP contribution in [0.15, 0.2) is 54.6 Å². The predicted molar refractivity (Wildman–Crippen MR) is 109 cm³/mol. The molecule has 3 rings (SSSR count). The highest BCUT2D eigenvalue weighted by molar-refractivity contribution is 5.94. The lowest BCUT2D eigenvalue weighted by Gasteiger charge is -2.38. The first-order valence-electron chi connectivity index (χ1n) is 9.90. The van der Waals surface area contributed by atoms with Crippen LogP contribution in [0.1, 0.15) is 49.0 Å². The summed E-state index contributed by atoms with van der Waals surface area (Å²) in [6.45, 7) is 4.69. The minimum absolute atomic E-state index is 0.0179. The first-order valence-corrected chi connectivity index (χ1v) is 9.90. The van der Waals surface area contributed by atoms with E-state index in [4.69, 9.17) is 4.74 Å². The molecule has 5 nitrogen and oxygen atoms in total. The Hall–Kier alpha value is -2.82. The molecular formula is C23H28N2O3. The van der Waals surface area contributed by atoms with E-state index >= 15 is 0 Å². The standard InChI is InChI=1S/C23H28N2O3/c1-17-7-6-8-18(2)25(17)22(26)16-28-21-13-11-20(12-14-21)23(27)24-15-19-9-4-3-5-10-19/h3-5,9-14,17-18H,6-8,15-16H2,1-2H3,(H,24,27). The van der Waals surface area contributed by atoms with Crippen molar-refractivity contribution < 1.29 is 14.3 Å². The van der Waals surface area contributed by atoms with Gasteiger partial charge in [0.2, 0.25) is 0 Å². The van der Waals surface area contributed by atoms with E-state index in [1.807, 2.05) is 35.2 Å². The summed E-state index contributed by atoms with van der Waals surface area (Å²) in [5.41, 5.74) is 1.61. The highest BCUT2D eigenvalue weighted by atomic mass is 16.5. The Kier molecular flexibility index (Phi) is 6.69. The molecular weight excluding hydrogens is 352 g/mol. The van der Waals surface area contributed by atoms with Crippen molar-refractivity contribution in [3.63, 3.8) is 0 Å². The van der Waals surface area contributed by atoms with Crippen LogP contribution in [0.5, 0.6) is 5.75 Å². The van der Waals surface area contributed by atoms with Crippen molar-refractivity contribution in [2.24, 2.45) is 0 Å². The highest BCUT2D eigenvalue weighted by Gasteiger charge is 2.28. The number of hydrogen-bond donors (Lipinski definition) is 1. The lowest BCUT2D eigenvalue weighted by atomic mass is 9.97. The van der Waals surface area contributed by atoms with Crippen molar-refractivity contribution in [3.05, 3.63) is 65.7 Å². The van der Waals surface area contributed by atoms with E-state index in [2.05, 4.69) is 19.2 Å². The normalized spacial score (nSPS) is 19.1. The molecule has 0 aromatic heterocycles. The molecule has 0 radical (unpaired) electrons. The van der Waals surface area contributed by atoms with Gasteiger partial charge in [-0.2, -0.15) is 0 Å². The maximum Gasteiger partial charge on any atom is 0.260 e. The first kappa shape index (κ1) is 19.9. The average molecular weight is 380 g/mol. The van der Waals surface area contributed by atoms with E-state index in [1.165, 1.54) is 6.42 Å². The van der Waals surface area contributed by atoms with Crippen molar-refractivity contribution in [2.75, 3.05) is 6.61 Å². The van der Waals surface area contributed by atoms with Gasteiger partial charge in [0.05, 0.1) is 0 Å². The van der Waals surface area contributed by atoms with Crippen molar-refractivity contribution in [1.29, 1.82) is 0 Å². The number of rotatable bonds is 6. The summed E-state index contributed by atoms with van der Waals surface area (Å²) in [6.07, 6.45) is 3.26. The van der Waals surface area contributed by atoms with Gasteiger partial charge in [0.1, 0.15) is 5.75 Å². The van der Waals surface area contributed by atoms with Gasteiger partial charge in [-0.1, -0.05) is 30.3 Å². The number of piperidine rings is 1. The van der Waals surface area contributed by atoms with Crippen LogP contribution in [0.3, 0.4) is 0 Å². The second kappa shape index (κ2) is 9.40. The van der Waals surface area contributed by atoms with E-state index in [9.17, 15) is 9.59 Å². The number of ether oxygens (including phenoxy) is 1. The molecule has 2 unspecified atom stereocenters. The molecule has 1 aliphatic rings. The number of nitrogens with zero attached hydrogens (tertiary/aromatic N) is 1. The molecule has 28 heavy (non-hydrogen) atoms. The quantitative estimate of drug-likeness (QED) is 0.830. The molecule has 0 aliphatic carbocycles. The topological polar surface area (TPSA) is 58.6 Å². The van der Waals surface area contributed by atoms with Crippen molar-refractivity contribution >= 4 is 11.8 Å². The molecule has 0 saturated carbocycles. The van der Waals surface area contributed by atoms with Gasteiger partial charge in [0, 0.05) is 24.2 Å². The average Bonchev–Trinajstić information content (AvgIpc) is 2.71. The van der Waals surface area contributed by atoms with Gasteiger partial charge >= 0.3 is 0 Å². The van der Waals surface area contributed by atoms with Crippen molar-refractivity contribution in [2.45, 2.75) is 51.7 Å². The van der Waals surface area contributed by atoms with Crippen LogP contribution in [0.25, 0.3) is 0 Å². The van der Waals surface area contributed by atoms with Gasteiger partial charge in [0.25, 0.3) is 11.8 Å². The lowest BCUT2D eigenvalue weighted by Crippen LogP contribution is -2.49. The fourth-order valence-corrected chi connectivity index (χ4v) is 3.72. The lowest BCUT2D eigenvalue weighted by molar-refractivity contribution is -0.139. The zero-order valence-corrected chi connectivity index (χ0v) is 16.6. The van der Waals surface area contributed by atoms with Crippen molar-refractivity contribution in [3.8, 4) is 5.75 Å². The predicted octanol–water partition coefficient (Wildman–Crippen LogP) is 3.78. The summed E-state index contributed by atoms with van der Waals surface area (Å²) < 4.78 is 5.66. The largest absolute Gasteiger partial charge is 0.484 e. The maximum absolute atomic E-state index is 12.5. The zero-order valence-electron chi connectivity index (χ0n) is 16.6. The number of likely N-dealkylation sites (tertiary alicyclic amines) is 1. The van der Waals surface area contributed by atoms with Crippen LogP contribution in [0.2, 0.25) is 0 Å². The molecule has 2 aromatic rings. The van der Waals surface area contributed by atoms with Crippen LogP contribution < -0.4 is 10.1 Å². The minimum atomic E-state index is -0.137. The third-order valence-electron chi connectivity index (χ3n) is 5.26. The van der Waals surface area contributed by atoms with Gasteiger partial charge in [-0.15, -0.1) is 0 Å². The number of carbonyl (C=O) groups is 2. The SMILES string of the molecule is CC1CCCC(C)N1C(=O)COc1ccc(C(=O)NCc2ccccc2)cc1. The number of amides is 2. The number of nitrogens with one attached hydrogen (secondary N) is 1. The van der Waals surface area contributed by atoms with E-state index in [0.717, 1.165) is 18.4 Å². The molecule has 2 atom stereocenters. The molecule has 0 spiro atoms. The summed E-state index contributed by atoms with van der Waals surface area (Å²) >= 11 is 0. The van der Waals surface area contributed by atoms with Gasteiger partial charge in [0.15, 0.2) is 6.61 Å². The van der Waals surface area contributed by atoms with Crippen LogP contribution in [0, 0.1) is 0 Å². The van der Waals surface area contributed by atoms with E-state index in [-0.39, 0.29) is 30.5 Å². The molecule has 1 heterocycles. The molecule has 5 heteroatoms. The third-order valence-corrected chi connectivity index (χ3v) is 5.26. The van der Waals surface area contributed by atoms with Crippen LogP contribution >= 0.6 is 0 Å². The summed E-state index contributed by atoms with van der Waals surface area (Å²) in [5.74, 6) is 0.470. The van der Waals surface area contributed by atoms with E-state index in [1.54, 1.807) is 24.3 Å². The molecule has 1 saturated heterocycles. The van der Waals surface area contributed by atoms with Crippen molar-refractivity contribution in [1.82, 2.24) is 10.2 Å². The summed E-state index contributed by atoms with van der Waals surface area (Å²) in [6, 6.07) is 17.2. The molecule has 2 amide bonds. The fraction of sp³-hybridized carbons (Fsp3) is 0.391. The molecule has 1 N–H and O–H groups in total. The molecule has 2 aromatic carbocycles. The van der Waals surface area contributed by atoms with E-state index < -0.39 is 0 Å². The summed E-state index contributed by atoms with van der Waals surface area (Å²) in [5, 5.41) is 2.90. The van der Waals surface area contributed by atoms with Crippen LogP contribution in [-0.4, -0.2) is 35.4 Å². The Balaban J connectivity index is 1.50. The Morgan fingerprint density at radius 1 is 1.00 bits per heavy atom. The summed E-state index contributed by atoms with van der Waals surface area (Å²) in [4.78, 5) is 26.7. The number of carbonyl (C=O) groups excluding carboxylic acids is 2. The maximum atomic E-state index is 12.5. The monoisotopic (exact) mass is 380 g/mol. The molecule has 0 bridgehead atoms. The zero-order chi connectivity index (χ0) is 19.9. The Morgan fingerprint density at radius 2 is 1.64 bits per heavy atom. The van der Waals surface area contributed by atoms with E-state index in [0.29, 0.717) is 17.9 Å². The molecule has 1 fully saturated rings. The second-order valence-electron chi connectivity index (χ2n) is 7.41. The summed E-state index contributed by atoms with van der Waals surface area (Å²) in [7, 11) is 0. The Bertz CT molecular complexity index is 779. The van der Waals surface area contributed by atoms with Gasteiger partial charge < -0.3 is 15.0 Å². The van der Waals surface area contributed by atoms with Gasteiger partial charge in [-0.3, -0.25) is 9.59 Å². The fourth-order valence-electron chi connectivity index (χ4n) is 3.72.